The van der Waals surface area contributed by atoms with E-state index in [0.29, 0.717) is 110 Å². The van der Waals surface area contributed by atoms with Crippen molar-refractivity contribution >= 4 is 156 Å². The van der Waals surface area contributed by atoms with E-state index >= 15 is 0 Å². The number of carbonyl (C=O) groups is 12. The lowest BCUT2D eigenvalue weighted by Gasteiger charge is -2.45. The number of thioether (sulfide) groups is 2. The smallest absolute Gasteiger partial charge is 0.408 e. The Labute approximate surface area is 689 Å². The van der Waals surface area contributed by atoms with Crippen LogP contribution in [-0.2, 0) is 107 Å². The largest absolute Gasteiger partial charge is 0.480 e. The Morgan fingerprint density at radius 2 is 0.823 bits per heavy atom. The molecule has 5 fully saturated rings. The lowest BCUT2D eigenvalue weighted by molar-refractivity contribution is -0.141. The first kappa shape index (κ1) is 104. The molecule has 5 heterocycles. The van der Waals surface area contributed by atoms with Crippen molar-refractivity contribution in [1.82, 2.24) is 26.6 Å². The zero-order valence-electron chi connectivity index (χ0n) is 63.6. The van der Waals surface area contributed by atoms with Crippen molar-refractivity contribution in [2.75, 3.05) is 79.2 Å². The normalized spacial score (nSPS) is 18.8. The van der Waals surface area contributed by atoms with Crippen LogP contribution >= 0.6 is 73.6 Å². The Morgan fingerprint density at radius 3 is 1.17 bits per heavy atom. The summed E-state index contributed by atoms with van der Waals surface area (Å²) < 4.78 is 47.4. The molecule has 113 heavy (non-hydrogen) atoms. The van der Waals surface area contributed by atoms with Gasteiger partial charge in [0.05, 0.1) is 10.8 Å². The molecule has 0 aromatic heterocycles. The number of carboxylic acid groups (broad SMARTS) is 7. The molecule has 43 heteroatoms. The van der Waals surface area contributed by atoms with Gasteiger partial charge in [-0.25, -0.2) is 9.59 Å². The second-order valence-electron chi connectivity index (χ2n) is 28.0. The van der Waals surface area contributed by atoms with Gasteiger partial charge in [0.2, 0.25) is 23.6 Å². The zero-order chi connectivity index (χ0) is 83.5. The summed E-state index contributed by atoms with van der Waals surface area (Å²) in [7, 11) is -2.28. The number of aryl methyl sites for hydroxylation is 2. The highest BCUT2D eigenvalue weighted by molar-refractivity contribution is 8.00. The Hall–Kier alpha value is -6.55. The number of nitrogens with two attached hydrogens (primary N) is 4. The topological polar surface area (TPSA) is 607 Å². The molecule has 36 nitrogen and oxygen atoms in total. The summed E-state index contributed by atoms with van der Waals surface area (Å²) in [6.07, 6.45) is 3.06. The van der Waals surface area contributed by atoms with Crippen molar-refractivity contribution in [3.05, 3.63) is 70.8 Å². The molecule has 642 valence electrons. The van der Waals surface area contributed by atoms with E-state index in [1.807, 2.05) is 31.2 Å². The van der Waals surface area contributed by atoms with Crippen molar-refractivity contribution in [1.29, 1.82) is 4.78 Å². The lowest BCUT2D eigenvalue weighted by Crippen LogP contribution is -2.62. The summed E-state index contributed by atoms with van der Waals surface area (Å²) in [5.74, 6) is -9.42. The van der Waals surface area contributed by atoms with Gasteiger partial charge in [-0.05, 0) is 128 Å². The number of hydrogen-bond acceptors (Lipinski definition) is 29. The van der Waals surface area contributed by atoms with Crippen LogP contribution in [0.1, 0.15) is 133 Å². The first-order chi connectivity index (χ1) is 52.0. The minimum Gasteiger partial charge on any atom is -0.480 e. The van der Waals surface area contributed by atoms with E-state index in [-0.39, 0.29) is 76.6 Å². The molecule has 5 aliphatic rings. The predicted octanol–water partition coefficient (Wildman–Crippen LogP) is 3.15. The molecule has 0 aliphatic carbocycles. The summed E-state index contributed by atoms with van der Waals surface area (Å²) in [4.78, 5) is 138. The number of thiol groups is 2. The van der Waals surface area contributed by atoms with Crippen molar-refractivity contribution in [2.24, 2.45) is 22.9 Å². The number of amides is 5. The molecule has 5 saturated heterocycles. The minimum absolute atomic E-state index is 0. The molecule has 21 N–H and O–H groups in total. The third kappa shape index (κ3) is 36.2. The van der Waals surface area contributed by atoms with Gasteiger partial charge in [0.15, 0.2) is 0 Å². The van der Waals surface area contributed by atoms with Crippen molar-refractivity contribution in [2.45, 2.75) is 208 Å². The van der Waals surface area contributed by atoms with Crippen LogP contribution in [0.5, 0.6) is 0 Å². The maximum Gasteiger partial charge on any atom is 0.408 e. The molecular formula is C70H111Cl2N10O26S5-. The number of carbonyl (C=O) groups excluding carboxylic acids is 5. The van der Waals surface area contributed by atoms with Gasteiger partial charge in [-0.3, -0.25) is 47.9 Å². The molecule has 7 rings (SSSR count). The number of aliphatic carboxylic acids is 7. The fraction of sp³-hybridized carbons (Fsp3) is 0.657. The van der Waals surface area contributed by atoms with E-state index in [4.69, 9.17) is 81.7 Å². The fourth-order valence-electron chi connectivity index (χ4n) is 11.7. The second-order valence-corrected chi connectivity index (χ2v) is 33.9. The van der Waals surface area contributed by atoms with Crippen LogP contribution in [0.25, 0.3) is 0 Å². The fourth-order valence-corrected chi connectivity index (χ4v) is 16.0. The number of hydrogen-bond donors (Lipinski definition) is 19. The number of benzene rings is 2. The molecule has 0 bridgehead atoms. The zero-order valence-corrected chi connectivity index (χ0v) is 69.5. The van der Waals surface area contributed by atoms with Crippen molar-refractivity contribution in [3.8, 4) is 0 Å². The predicted molar refractivity (Wildman–Crippen MR) is 429 cm³/mol. The van der Waals surface area contributed by atoms with Crippen LogP contribution in [0, 0.1) is 18.6 Å². The van der Waals surface area contributed by atoms with Gasteiger partial charge in [0.1, 0.15) is 54.9 Å². The first-order valence-corrected chi connectivity index (χ1v) is 39.6. The van der Waals surface area contributed by atoms with Crippen LogP contribution in [0.4, 0.5) is 4.79 Å². The first-order valence-electron chi connectivity index (χ1n) is 35.6. The number of nitrogens with one attached hydrogen (secondary N) is 6. The maximum atomic E-state index is 12.5. The SMILES string of the molecule is Cc1ccc(CSC2(C(N)C(=O)O)CCOCC2)cc1.Cc1ccc(CSC2(C(NC(=O)OC(C)(C)C)C(=O)O)CCOCC2)cc1.Cl.Cl.N=[S-](=O)C1(C(NC(=O)CCC(N)C(=O)O)C(=O)NCC(=O)O)CCOCC1.NC(C(=O)O)C1(S)CCOCC1.NC(CCC(=O)NC(C(=O)NCC(=O)O)C1(S)CCOCC1)C(=O)O. The van der Waals surface area contributed by atoms with Crippen molar-refractivity contribution in [3.63, 3.8) is 0 Å². The quantitative estimate of drug-likeness (QED) is 0.0369. The number of rotatable bonds is 32. The molecule has 0 radical (unpaired) electrons. The van der Waals surface area contributed by atoms with Gasteiger partial charge in [-0.15, -0.1) is 48.3 Å². The Morgan fingerprint density at radius 1 is 0.487 bits per heavy atom. The number of carboxylic acids is 7. The van der Waals surface area contributed by atoms with E-state index in [1.54, 1.807) is 44.3 Å². The van der Waals surface area contributed by atoms with Gasteiger partial charge < -0.3 is 123 Å². The number of alkyl carbamates (subject to hydrolysis) is 1. The molecule has 0 saturated carbocycles. The van der Waals surface area contributed by atoms with Gasteiger partial charge in [0.25, 0.3) is 0 Å². The molecule has 5 aliphatic heterocycles. The third-order valence-electron chi connectivity index (χ3n) is 18.5. The van der Waals surface area contributed by atoms with E-state index < -0.39 is 167 Å². The summed E-state index contributed by atoms with van der Waals surface area (Å²) in [6, 6.07) is 8.74. The van der Waals surface area contributed by atoms with Gasteiger partial charge in [0, 0.05) is 105 Å². The van der Waals surface area contributed by atoms with Crippen molar-refractivity contribution < 1.29 is 126 Å². The average molecular weight is 1740 g/mol. The van der Waals surface area contributed by atoms with E-state index in [2.05, 4.69) is 83.0 Å². The van der Waals surface area contributed by atoms with Crippen LogP contribution < -0.4 is 49.5 Å². The molecular weight excluding hydrogens is 1630 g/mol. The monoisotopic (exact) mass is 1740 g/mol. The highest BCUT2D eigenvalue weighted by Crippen LogP contribution is 2.43. The molecule has 2 aromatic rings. The molecule has 7 unspecified atom stereocenters. The summed E-state index contributed by atoms with van der Waals surface area (Å²) in [6.45, 7) is 12.2. The van der Waals surface area contributed by atoms with Crippen LogP contribution in [0.15, 0.2) is 48.5 Å². The molecule has 5 amide bonds. The third-order valence-corrected chi connectivity index (χ3v) is 24.8. The van der Waals surface area contributed by atoms with E-state index in [1.165, 1.54) is 16.7 Å². The standard InChI is InChI=1S/C20H29NO5S.C15H21NO3S.C14H23N4O8S.C14H23N3O7S.C7H13NO3S.2ClH/c1-14-5-7-15(8-6-14)13-27-20(9-11-25-12-10-20)16(17(22)23)21-18(24)26-19(2,3)4;1-11-2-4-12(5-3-11)10-20-15(13(16)14(17)18)6-8-19-9-7-15;15-8(13(23)24)1-2-9(19)18-11(12(22)17-7-10(20)21)14(27(16)25)3-5-26-6-4-14;15-8(13(22)23)1-2-9(18)17-11(12(21)16-7-10(19)20)14(25)3-5-24-6-4-14;8-5(6(9)10)7(12)1-3-11-4-2-7;;/h5-8,16H,9-13H2,1-4H3,(H,21,24)(H,22,23);2-5,13H,6-10,16H2,1H3,(H,17,18);8,11,16H,1-7,15H2,(H,17,22)(H,18,19)(H,20,21)(H,23,24);8,11,25H,1-7,15H2,(H,16,21)(H,17,18)(H,19,20)(H,22,23);5,12H,1-4,8H2,(H,9,10);2*1H/q;;-1;;;;. The minimum atomic E-state index is -2.28. The highest BCUT2D eigenvalue weighted by atomic mass is 35.5. The van der Waals surface area contributed by atoms with Crippen LogP contribution in [-0.4, -0.2) is 258 Å². The number of halogens is 2. The van der Waals surface area contributed by atoms with Gasteiger partial charge >= 0.3 is 47.9 Å². The van der Waals surface area contributed by atoms with Crippen LogP contribution in [0.2, 0.25) is 0 Å². The highest BCUT2D eigenvalue weighted by Gasteiger charge is 2.48. The van der Waals surface area contributed by atoms with Gasteiger partial charge in [-0.1, -0.05) is 59.7 Å². The summed E-state index contributed by atoms with van der Waals surface area (Å²) >= 11 is 12.0. The lowest BCUT2D eigenvalue weighted by atomic mass is 9.89. The maximum absolute atomic E-state index is 12.5. The second kappa shape index (κ2) is 50.8. The molecule has 0 spiro atoms. The Bertz CT molecular complexity index is 3480. The summed E-state index contributed by atoms with van der Waals surface area (Å²) in [5, 5.41) is 74.5. The number of ether oxygens (including phenoxy) is 6. The van der Waals surface area contributed by atoms with Gasteiger partial charge in [-0.2, -0.15) is 35.9 Å². The average Bonchev–Trinajstić information content (AvgIpc) is 0.791. The Balaban J connectivity index is 0.000000717. The van der Waals surface area contributed by atoms with E-state index in [0.717, 1.165) is 11.3 Å². The van der Waals surface area contributed by atoms with E-state index in [9.17, 15) is 72.0 Å². The Kier molecular flexibility index (Phi) is 47.0. The van der Waals surface area contributed by atoms with Crippen LogP contribution in [0.3, 0.4) is 0 Å². The molecule has 7 atom stereocenters. The molecule has 2 aromatic carbocycles. The summed E-state index contributed by atoms with van der Waals surface area (Å²) in [5.41, 5.74) is 26.2.